The molecule has 0 bridgehead atoms. The van der Waals surface area contributed by atoms with E-state index in [-0.39, 0.29) is 0 Å². The molecule has 0 amide bonds. The topological polar surface area (TPSA) is 38.7 Å². The first kappa shape index (κ1) is 15.9. The maximum atomic E-state index is 11.6. The van der Waals surface area contributed by atoms with Crippen LogP contribution in [0.3, 0.4) is 0 Å². The van der Waals surface area contributed by atoms with E-state index in [0.29, 0.717) is 5.56 Å². The highest BCUT2D eigenvalue weighted by Gasteiger charge is 2.04. The smallest absolute Gasteiger partial charge is 0.313 e. The van der Waals surface area contributed by atoms with Crippen LogP contribution in [0.4, 0.5) is 0 Å². The number of carbonyl (C=O) groups is 1. The second kappa shape index (κ2) is 8.86. The fraction of sp³-hybridized carbons (Fsp3) is 0.294. The molecule has 3 nitrogen and oxygen atoms in total. The minimum absolute atomic E-state index is 0.447. The standard InChI is InChI=1S/C17H21NO2/c1-14(2)8-7-9-15(3)12-13-18-20-17(19)16-10-5-4-6-11-16/h4-6,8,10-13H,7,9H2,1-3H3. The number of hydrogen-bond donors (Lipinski definition) is 0. The van der Waals surface area contributed by atoms with Crippen molar-refractivity contribution in [1.29, 1.82) is 0 Å². The first-order chi connectivity index (χ1) is 9.59. The zero-order chi connectivity index (χ0) is 14.8. The number of carbonyl (C=O) groups excluding carboxylic acids is 1. The molecule has 0 radical (unpaired) electrons. The molecule has 0 heterocycles. The maximum Gasteiger partial charge on any atom is 0.365 e. The largest absolute Gasteiger partial charge is 0.365 e. The second-order valence-corrected chi connectivity index (χ2v) is 4.83. The fourth-order valence-corrected chi connectivity index (χ4v) is 1.53. The van der Waals surface area contributed by atoms with Crippen LogP contribution in [0.15, 0.2) is 58.8 Å². The Kier molecular flexibility index (Phi) is 7.04. The number of nitrogens with zero attached hydrogens (tertiary/aromatic N) is 1. The van der Waals surface area contributed by atoms with E-state index in [1.54, 1.807) is 24.3 Å². The van der Waals surface area contributed by atoms with E-state index < -0.39 is 5.97 Å². The summed E-state index contributed by atoms with van der Waals surface area (Å²) in [7, 11) is 0. The van der Waals surface area contributed by atoms with Crippen molar-refractivity contribution in [2.24, 2.45) is 5.16 Å². The Balaban J connectivity index is 2.37. The molecule has 0 aliphatic carbocycles. The lowest BCUT2D eigenvalue weighted by atomic mass is 10.1. The van der Waals surface area contributed by atoms with Crippen molar-refractivity contribution in [2.45, 2.75) is 33.6 Å². The van der Waals surface area contributed by atoms with Crippen LogP contribution >= 0.6 is 0 Å². The third-order valence-electron chi connectivity index (χ3n) is 2.66. The van der Waals surface area contributed by atoms with Crippen LogP contribution < -0.4 is 0 Å². The summed E-state index contributed by atoms with van der Waals surface area (Å²) in [6.45, 7) is 6.21. The lowest BCUT2D eigenvalue weighted by Crippen LogP contribution is -1.99. The van der Waals surface area contributed by atoms with Gasteiger partial charge in [0.15, 0.2) is 0 Å². The molecule has 0 aliphatic rings. The van der Waals surface area contributed by atoms with Crippen LogP contribution in [0.5, 0.6) is 0 Å². The monoisotopic (exact) mass is 271 g/mol. The Hall–Kier alpha value is -2.16. The van der Waals surface area contributed by atoms with E-state index in [9.17, 15) is 4.79 Å². The quantitative estimate of drug-likeness (QED) is 0.330. The molecule has 0 N–H and O–H groups in total. The summed E-state index contributed by atoms with van der Waals surface area (Å²) in [5.74, 6) is -0.447. The molecule has 0 unspecified atom stereocenters. The summed E-state index contributed by atoms with van der Waals surface area (Å²) < 4.78 is 0. The lowest BCUT2D eigenvalue weighted by molar-refractivity contribution is 0.0519. The summed E-state index contributed by atoms with van der Waals surface area (Å²) >= 11 is 0. The van der Waals surface area contributed by atoms with Crippen LogP contribution in [0.25, 0.3) is 0 Å². The normalized spacial score (nSPS) is 11.4. The Morgan fingerprint density at radius 1 is 1.20 bits per heavy atom. The van der Waals surface area contributed by atoms with Gasteiger partial charge >= 0.3 is 5.97 Å². The van der Waals surface area contributed by atoms with E-state index in [4.69, 9.17) is 4.84 Å². The highest BCUT2D eigenvalue weighted by molar-refractivity contribution is 5.89. The van der Waals surface area contributed by atoms with E-state index in [1.165, 1.54) is 17.4 Å². The molecule has 1 rings (SSSR count). The lowest BCUT2D eigenvalue weighted by Gasteiger charge is -1.97. The van der Waals surface area contributed by atoms with Gasteiger partial charge in [0.25, 0.3) is 0 Å². The van der Waals surface area contributed by atoms with Crippen LogP contribution in [0.2, 0.25) is 0 Å². The molecule has 106 valence electrons. The van der Waals surface area contributed by atoms with Gasteiger partial charge in [-0.25, -0.2) is 4.79 Å². The van der Waals surface area contributed by atoms with Gasteiger partial charge in [0.1, 0.15) is 0 Å². The number of benzene rings is 1. The van der Waals surface area contributed by atoms with Crippen molar-refractivity contribution in [1.82, 2.24) is 0 Å². The Bertz CT molecular complexity index is 509. The molecule has 0 atom stereocenters. The molecular weight excluding hydrogens is 250 g/mol. The molecule has 1 aromatic rings. The Labute approximate surface area is 120 Å². The minimum atomic E-state index is -0.447. The van der Waals surface area contributed by atoms with E-state index in [2.05, 4.69) is 25.1 Å². The number of rotatable bonds is 6. The van der Waals surface area contributed by atoms with Crippen molar-refractivity contribution >= 4 is 12.2 Å². The van der Waals surface area contributed by atoms with Gasteiger partial charge in [0.2, 0.25) is 0 Å². The zero-order valence-electron chi connectivity index (χ0n) is 12.3. The van der Waals surface area contributed by atoms with E-state index in [0.717, 1.165) is 12.8 Å². The summed E-state index contributed by atoms with van der Waals surface area (Å²) in [4.78, 5) is 16.4. The summed E-state index contributed by atoms with van der Waals surface area (Å²) in [6, 6.07) is 8.80. The van der Waals surface area contributed by atoms with E-state index >= 15 is 0 Å². The van der Waals surface area contributed by atoms with Crippen molar-refractivity contribution in [2.75, 3.05) is 0 Å². The highest BCUT2D eigenvalue weighted by Crippen LogP contribution is 2.06. The van der Waals surface area contributed by atoms with Gasteiger partial charge in [-0.1, -0.05) is 40.6 Å². The first-order valence-electron chi connectivity index (χ1n) is 6.68. The SMILES string of the molecule is CC(C)=CCCC(C)=CC=NOC(=O)c1ccccc1. The summed E-state index contributed by atoms with van der Waals surface area (Å²) in [5, 5.41) is 3.66. The Morgan fingerprint density at radius 2 is 1.90 bits per heavy atom. The van der Waals surface area contributed by atoms with Crippen LogP contribution in [0.1, 0.15) is 44.0 Å². The van der Waals surface area contributed by atoms with Crippen molar-refractivity contribution in [3.05, 3.63) is 59.2 Å². The molecule has 0 saturated carbocycles. The molecular formula is C17H21NO2. The van der Waals surface area contributed by atoms with Gasteiger partial charge in [-0.05, 0) is 51.8 Å². The van der Waals surface area contributed by atoms with Gasteiger partial charge < -0.3 is 4.84 Å². The van der Waals surface area contributed by atoms with Crippen molar-refractivity contribution in [3.8, 4) is 0 Å². The average molecular weight is 271 g/mol. The number of allylic oxidation sites excluding steroid dienone is 4. The molecule has 0 saturated heterocycles. The third kappa shape index (κ3) is 6.69. The van der Waals surface area contributed by atoms with Gasteiger partial charge in [-0.3, -0.25) is 0 Å². The van der Waals surface area contributed by atoms with Crippen LogP contribution in [0, 0.1) is 0 Å². The number of oxime groups is 1. The van der Waals surface area contributed by atoms with E-state index in [1.807, 2.05) is 19.1 Å². The third-order valence-corrected chi connectivity index (χ3v) is 2.66. The van der Waals surface area contributed by atoms with Gasteiger partial charge in [0.05, 0.1) is 11.8 Å². The van der Waals surface area contributed by atoms with Crippen LogP contribution in [-0.2, 0) is 4.84 Å². The molecule has 20 heavy (non-hydrogen) atoms. The van der Waals surface area contributed by atoms with Gasteiger partial charge in [0, 0.05) is 0 Å². The second-order valence-electron chi connectivity index (χ2n) is 4.83. The molecule has 3 heteroatoms. The molecule has 1 aromatic carbocycles. The fourth-order valence-electron chi connectivity index (χ4n) is 1.53. The minimum Gasteiger partial charge on any atom is -0.313 e. The molecule has 0 spiro atoms. The van der Waals surface area contributed by atoms with Crippen molar-refractivity contribution in [3.63, 3.8) is 0 Å². The predicted molar refractivity (Wildman–Crippen MR) is 82.8 cm³/mol. The average Bonchev–Trinajstić information content (AvgIpc) is 2.44. The highest BCUT2D eigenvalue weighted by atomic mass is 16.7. The zero-order valence-corrected chi connectivity index (χ0v) is 12.3. The molecule has 0 fully saturated rings. The van der Waals surface area contributed by atoms with Gasteiger partial charge in [-0.2, -0.15) is 0 Å². The number of hydrogen-bond acceptors (Lipinski definition) is 3. The van der Waals surface area contributed by atoms with Crippen molar-refractivity contribution < 1.29 is 9.63 Å². The Morgan fingerprint density at radius 3 is 2.55 bits per heavy atom. The molecule has 0 aromatic heterocycles. The summed E-state index contributed by atoms with van der Waals surface area (Å²) in [5.41, 5.74) is 3.01. The first-order valence-corrected chi connectivity index (χ1v) is 6.68. The van der Waals surface area contributed by atoms with Crippen LogP contribution in [-0.4, -0.2) is 12.2 Å². The maximum absolute atomic E-state index is 11.6. The predicted octanol–water partition coefficient (Wildman–Crippen LogP) is 4.52. The van der Waals surface area contributed by atoms with Gasteiger partial charge in [-0.15, -0.1) is 0 Å². The molecule has 0 aliphatic heterocycles. The summed E-state index contributed by atoms with van der Waals surface area (Å²) in [6.07, 6.45) is 7.56.